The third-order valence-corrected chi connectivity index (χ3v) is 6.41. The minimum absolute atomic E-state index is 0.0285. The highest BCUT2D eigenvalue weighted by molar-refractivity contribution is 8.03. The summed E-state index contributed by atoms with van der Waals surface area (Å²) in [6.45, 7) is 1.77. The number of nitrogens with one attached hydrogen (secondary N) is 2. The number of carbonyl (C=O) groups excluding carboxylic acids is 2. The number of hydrogen-bond acceptors (Lipinski definition) is 7. The lowest BCUT2D eigenvalue weighted by Crippen LogP contribution is -2.31. The van der Waals surface area contributed by atoms with Crippen LogP contribution in [0.5, 0.6) is 5.75 Å². The first-order chi connectivity index (χ1) is 14.5. The smallest absolute Gasteiger partial charge is 0.254 e. The highest BCUT2D eigenvalue weighted by atomic mass is 32.2. The number of thioether (sulfide) groups is 1. The summed E-state index contributed by atoms with van der Waals surface area (Å²) in [5, 5.41) is 18.3. The quantitative estimate of drug-likeness (QED) is 0.608. The molecule has 0 radical (unpaired) electrons. The molecule has 154 valence electrons. The molecule has 4 N–H and O–H groups in total. The van der Waals surface area contributed by atoms with Crippen LogP contribution in [0, 0.1) is 11.3 Å². The SMILES string of the molecule is COc1ccccc1NC(=O)C1=C(C)NC(SCC(N)=O)=C(C#N)[C@@H]1c1cccs1. The van der Waals surface area contributed by atoms with Gasteiger partial charge in [0, 0.05) is 16.1 Å². The Morgan fingerprint density at radius 1 is 1.33 bits per heavy atom. The molecule has 2 amide bonds. The van der Waals surface area contributed by atoms with E-state index in [1.54, 1.807) is 25.1 Å². The van der Waals surface area contributed by atoms with E-state index in [9.17, 15) is 14.9 Å². The Bertz CT molecular complexity index is 1070. The van der Waals surface area contributed by atoms with Gasteiger partial charge in [-0.15, -0.1) is 11.3 Å². The molecule has 2 heterocycles. The first kappa shape index (κ1) is 21.5. The van der Waals surface area contributed by atoms with Gasteiger partial charge in [0.2, 0.25) is 5.91 Å². The topological polar surface area (TPSA) is 117 Å². The molecule has 0 bridgehead atoms. The molecular weight excluding hydrogens is 420 g/mol. The average Bonchev–Trinajstić information content (AvgIpc) is 3.26. The van der Waals surface area contributed by atoms with E-state index in [1.807, 2.05) is 23.6 Å². The number of nitrogens with two attached hydrogens (primary N) is 1. The van der Waals surface area contributed by atoms with Crippen LogP contribution in [0.3, 0.4) is 0 Å². The molecule has 1 aromatic carbocycles. The Hall–Kier alpha value is -3.22. The molecule has 7 nitrogen and oxygen atoms in total. The van der Waals surface area contributed by atoms with E-state index in [4.69, 9.17) is 10.5 Å². The van der Waals surface area contributed by atoms with Crippen LogP contribution in [0.25, 0.3) is 0 Å². The minimum Gasteiger partial charge on any atom is -0.495 e. The number of nitriles is 1. The van der Waals surface area contributed by atoms with Crippen LogP contribution < -0.4 is 21.1 Å². The van der Waals surface area contributed by atoms with Gasteiger partial charge in [-0.05, 0) is 30.5 Å². The fraction of sp³-hybridized carbons (Fsp3) is 0.190. The van der Waals surface area contributed by atoms with Crippen molar-refractivity contribution in [2.24, 2.45) is 5.73 Å². The van der Waals surface area contributed by atoms with Crippen LogP contribution in [0.2, 0.25) is 0 Å². The Morgan fingerprint density at radius 3 is 2.73 bits per heavy atom. The van der Waals surface area contributed by atoms with Gasteiger partial charge in [0.1, 0.15) is 5.75 Å². The number of rotatable bonds is 7. The molecular formula is C21H20N4O3S2. The number of carbonyl (C=O) groups is 2. The third-order valence-electron chi connectivity index (χ3n) is 4.43. The molecule has 1 aromatic heterocycles. The lowest BCUT2D eigenvalue weighted by molar-refractivity contribution is -0.115. The van der Waals surface area contributed by atoms with E-state index >= 15 is 0 Å². The van der Waals surface area contributed by atoms with Gasteiger partial charge in [0.05, 0.1) is 41.1 Å². The summed E-state index contributed by atoms with van der Waals surface area (Å²) in [6, 6.07) is 13.1. The summed E-state index contributed by atoms with van der Waals surface area (Å²) in [5.74, 6) is -0.813. The van der Waals surface area contributed by atoms with Crippen LogP contribution in [0.15, 0.2) is 63.7 Å². The maximum atomic E-state index is 13.3. The van der Waals surface area contributed by atoms with Gasteiger partial charge in [0.15, 0.2) is 0 Å². The van der Waals surface area contributed by atoms with Crippen molar-refractivity contribution in [1.82, 2.24) is 5.32 Å². The van der Waals surface area contributed by atoms with Crippen molar-refractivity contribution in [2.75, 3.05) is 18.2 Å². The summed E-state index contributed by atoms with van der Waals surface area (Å²) in [4.78, 5) is 25.4. The molecule has 0 fully saturated rings. The van der Waals surface area contributed by atoms with Crippen molar-refractivity contribution >= 4 is 40.6 Å². The van der Waals surface area contributed by atoms with E-state index in [-0.39, 0.29) is 11.7 Å². The van der Waals surface area contributed by atoms with Crippen LogP contribution >= 0.6 is 23.1 Å². The van der Waals surface area contributed by atoms with Gasteiger partial charge in [-0.25, -0.2) is 0 Å². The van der Waals surface area contributed by atoms with Crippen LogP contribution in [-0.2, 0) is 9.59 Å². The average molecular weight is 441 g/mol. The largest absolute Gasteiger partial charge is 0.495 e. The predicted molar refractivity (Wildman–Crippen MR) is 119 cm³/mol. The number of allylic oxidation sites excluding steroid dienone is 2. The number of ether oxygens (including phenoxy) is 1. The second kappa shape index (κ2) is 9.52. The molecule has 0 saturated carbocycles. The van der Waals surface area contributed by atoms with E-state index < -0.39 is 11.8 Å². The summed E-state index contributed by atoms with van der Waals surface area (Å²) >= 11 is 2.62. The molecule has 9 heteroatoms. The number of dihydropyridines is 1. The van der Waals surface area contributed by atoms with Gasteiger partial charge in [0.25, 0.3) is 5.91 Å². The molecule has 1 aliphatic rings. The maximum absolute atomic E-state index is 13.3. The molecule has 2 aromatic rings. The summed E-state index contributed by atoms with van der Waals surface area (Å²) < 4.78 is 5.32. The molecule has 0 spiro atoms. The summed E-state index contributed by atoms with van der Waals surface area (Å²) in [6.07, 6.45) is 0. The van der Waals surface area contributed by atoms with E-state index in [1.165, 1.54) is 18.4 Å². The number of nitrogens with zero attached hydrogens (tertiary/aromatic N) is 1. The van der Waals surface area contributed by atoms with Crippen LogP contribution in [0.1, 0.15) is 17.7 Å². The van der Waals surface area contributed by atoms with E-state index in [0.717, 1.165) is 16.6 Å². The number of amides is 2. The standard InChI is InChI=1S/C21H20N4O3S2/c1-12-18(20(27)25-14-6-3-4-7-15(14)28-2)19(16-8-5-9-29-16)13(10-22)21(24-12)30-11-17(23)26/h3-9,19,24H,11H2,1-2H3,(H2,23,26)(H,25,27)/t19-/m1/s1. The zero-order valence-corrected chi connectivity index (χ0v) is 18.0. The lowest BCUT2D eigenvalue weighted by atomic mass is 9.86. The van der Waals surface area contributed by atoms with Gasteiger partial charge in [-0.3, -0.25) is 9.59 Å². The van der Waals surface area contributed by atoms with Crippen molar-refractivity contribution in [2.45, 2.75) is 12.8 Å². The molecule has 1 aliphatic heterocycles. The van der Waals surface area contributed by atoms with E-state index in [2.05, 4.69) is 16.7 Å². The summed E-state index contributed by atoms with van der Waals surface area (Å²) in [7, 11) is 1.53. The van der Waals surface area contributed by atoms with Crippen molar-refractivity contribution in [3.63, 3.8) is 0 Å². The third kappa shape index (κ3) is 4.50. The zero-order valence-electron chi connectivity index (χ0n) is 16.4. The van der Waals surface area contributed by atoms with Crippen molar-refractivity contribution in [3.05, 3.63) is 68.5 Å². The fourth-order valence-electron chi connectivity index (χ4n) is 3.15. The van der Waals surface area contributed by atoms with Crippen LogP contribution in [-0.4, -0.2) is 24.7 Å². The van der Waals surface area contributed by atoms with Crippen molar-refractivity contribution < 1.29 is 14.3 Å². The van der Waals surface area contributed by atoms with Gasteiger partial charge in [-0.1, -0.05) is 30.0 Å². The monoisotopic (exact) mass is 440 g/mol. The summed E-state index contributed by atoms with van der Waals surface area (Å²) in [5.41, 5.74) is 7.22. The van der Waals surface area contributed by atoms with Gasteiger partial charge < -0.3 is 21.1 Å². The molecule has 0 saturated heterocycles. The Balaban J connectivity index is 2.02. The molecule has 1 atom stereocenters. The van der Waals surface area contributed by atoms with Gasteiger partial charge >= 0.3 is 0 Å². The van der Waals surface area contributed by atoms with Crippen molar-refractivity contribution in [1.29, 1.82) is 5.26 Å². The molecule has 30 heavy (non-hydrogen) atoms. The van der Waals surface area contributed by atoms with E-state index in [0.29, 0.717) is 33.3 Å². The number of methoxy groups -OCH3 is 1. The lowest BCUT2D eigenvalue weighted by Gasteiger charge is -2.29. The normalized spacial score (nSPS) is 16.0. The predicted octanol–water partition coefficient (Wildman–Crippen LogP) is 3.31. The Morgan fingerprint density at radius 2 is 2.10 bits per heavy atom. The second-order valence-corrected chi connectivity index (χ2v) is 8.34. The fourth-order valence-corrected chi connectivity index (χ4v) is 4.82. The number of anilines is 1. The number of para-hydroxylation sites is 2. The van der Waals surface area contributed by atoms with Crippen molar-refractivity contribution in [3.8, 4) is 11.8 Å². The number of benzene rings is 1. The number of primary amides is 1. The Labute approximate surface area is 182 Å². The highest BCUT2D eigenvalue weighted by Crippen LogP contribution is 2.42. The first-order valence-electron chi connectivity index (χ1n) is 8.97. The first-order valence-corrected chi connectivity index (χ1v) is 10.8. The number of thiophene rings is 1. The van der Waals surface area contributed by atoms with Crippen LogP contribution in [0.4, 0.5) is 5.69 Å². The van der Waals surface area contributed by atoms with Gasteiger partial charge in [-0.2, -0.15) is 5.26 Å². The highest BCUT2D eigenvalue weighted by Gasteiger charge is 2.35. The molecule has 0 aliphatic carbocycles. The molecule has 3 rings (SSSR count). The zero-order chi connectivity index (χ0) is 21.7. The minimum atomic E-state index is -0.554. The Kier molecular flexibility index (Phi) is 6.82. The number of hydrogen-bond donors (Lipinski definition) is 3. The molecule has 0 unspecified atom stereocenters. The second-order valence-electron chi connectivity index (χ2n) is 6.38. The maximum Gasteiger partial charge on any atom is 0.254 e.